The second kappa shape index (κ2) is 4.13. The average molecular weight is 193 g/mol. The molecule has 0 saturated carbocycles. The van der Waals surface area contributed by atoms with Crippen molar-refractivity contribution in [2.24, 2.45) is 7.05 Å². The van der Waals surface area contributed by atoms with E-state index in [4.69, 9.17) is 0 Å². The first-order valence-corrected chi connectivity index (χ1v) is 5.47. The minimum absolute atomic E-state index is 1.03. The molecule has 2 rings (SSSR count). The van der Waals surface area contributed by atoms with Gasteiger partial charge in [-0.3, -0.25) is 9.58 Å². The molecule has 2 heterocycles. The van der Waals surface area contributed by atoms with Gasteiger partial charge in [-0.2, -0.15) is 5.10 Å². The summed E-state index contributed by atoms with van der Waals surface area (Å²) in [6, 6.07) is 2.19. The highest BCUT2D eigenvalue weighted by molar-refractivity contribution is 5.08. The van der Waals surface area contributed by atoms with Crippen LogP contribution in [0.15, 0.2) is 6.07 Å². The Bertz CT molecular complexity index is 278. The first-order chi connectivity index (χ1) is 6.75. The van der Waals surface area contributed by atoms with Crippen molar-refractivity contribution in [1.82, 2.24) is 14.7 Å². The summed E-state index contributed by atoms with van der Waals surface area (Å²) in [6.45, 7) is 5.62. The van der Waals surface area contributed by atoms with Gasteiger partial charge in [0, 0.05) is 19.3 Å². The molecule has 0 aliphatic carbocycles. The first kappa shape index (κ1) is 9.71. The van der Waals surface area contributed by atoms with E-state index >= 15 is 0 Å². The van der Waals surface area contributed by atoms with Gasteiger partial charge < -0.3 is 0 Å². The standard InChI is InChI=1S/C11H19N3/c1-10-8-11(12-13(10)2)9-14-6-4-3-5-7-14/h8H,3-7,9H2,1-2H3. The van der Waals surface area contributed by atoms with Crippen molar-refractivity contribution in [3.8, 4) is 0 Å². The predicted molar refractivity (Wildman–Crippen MR) is 57.1 cm³/mol. The fraction of sp³-hybridized carbons (Fsp3) is 0.727. The summed E-state index contributed by atoms with van der Waals surface area (Å²) in [5.74, 6) is 0. The quantitative estimate of drug-likeness (QED) is 0.713. The Morgan fingerprint density at radius 3 is 2.57 bits per heavy atom. The summed E-state index contributed by atoms with van der Waals surface area (Å²) in [4.78, 5) is 2.51. The molecule has 0 N–H and O–H groups in total. The Morgan fingerprint density at radius 2 is 2.00 bits per heavy atom. The molecule has 1 aliphatic rings. The molecular formula is C11H19N3. The Hall–Kier alpha value is -0.830. The summed E-state index contributed by atoms with van der Waals surface area (Å²) < 4.78 is 1.96. The third-order valence-corrected chi connectivity index (χ3v) is 3.00. The van der Waals surface area contributed by atoms with E-state index < -0.39 is 0 Å². The van der Waals surface area contributed by atoms with Gasteiger partial charge in [-0.05, 0) is 38.9 Å². The van der Waals surface area contributed by atoms with Gasteiger partial charge in [-0.25, -0.2) is 0 Å². The van der Waals surface area contributed by atoms with E-state index in [0.717, 1.165) is 6.54 Å². The van der Waals surface area contributed by atoms with E-state index in [1.165, 1.54) is 43.7 Å². The number of hydrogen-bond acceptors (Lipinski definition) is 2. The van der Waals surface area contributed by atoms with Crippen LogP contribution in [0.1, 0.15) is 30.7 Å². The summed E-state index contributed by atoms with van der Waals surface area (Å²) >= 11 is 0. The van der Waals surface area contributed by atoms with Crippen LogP contribution in [0.4, 0.5) is 0 Å². The molecule has 14 heavy (non-hydrogen) atoms. The molecule has 1 aromatic rings. The third kappa shape index (κ3) is 2.15. The minimum atomic E-state index is 1.03. The number of nitrogens with zero attached hydrogens (tertiary/aromatic N) is 3. The molecule has 1 fully saturated rings. The molecule has 1 aromatic heterocycles. The summed E-state index contributed by atoms with van der Waals surface area (Å²) in [7, 11) is 2.01. The largest absolute Gasteiger partial charge is 0.297 e. The molecule has 1 saturated heterocycles. The molecule has 1 aliphatic heterocycles. The molecule has 0 spiro atoms. The van der Waals surface area contributed by atoms with Crippen LogP contribution in [-0.2, 0) is 13.6 Å². The number of aromatic nitrogens is 2. The van der Waals surface area contributed by atoms with Crippen molar-refractivity contribution in [2.45, 2.75) is 32.7 Å². The number of likely N-dealkylation sites (tertiary alicyclic amines) is 1. The Labute approximate surface area is 85.7 Å². The number of aryl methyl sites for hydroxylation is 2. The topological polar surface area (TPSA) is 21.1 Å². The molecule has 0 aromatic carbocycles. The van der Waals surface area contributed by atoms with Crippen molar-refractivity contribution >= 4 is 0 Å². The van der Waals surface area contributed by atoms with E-state index in [0.29, 0.717) is 0 Å². The van der Waals surface area contributed by atoms with Gasteiger partial charge in [-0.15, -0.1) is 0 Å². The van der Waals surface area contributed by atoms with Crippen LogP contribution in [0, 0.1) is 6.92 Å². The molecule has 3 nitrogen and oxygen atoms in total. The van der Waals surface area contributed by atoms with Crippen molar-refractivity contribution in [1.29, 1.82) is 0 Å². The molecular weight excluding hydrogens is 174 g/mol. The van der Waals surface area contributed by atoms with E-state index in [1.807, 2.05) is 11.7 Å². The zero-order chi connectivity index (χ0) is 9.97. The highest BCUT2D eigenvalue weighted by atomic mass is 15.3. The number of hydrogen-bond donors (Lipinski definition) is 0. The highest BCUT2D eigenvalue weighted by Crippen LogP contribution is 2.12. The smallest absolute Gasteiger partial charge is 0.0767 e. The van der Waals surface area contributed by atoms with Crippen LogP contribution >= 0.6 is 0 Å². The van der Waals surface area contributed by atoms with Gasteiger partial charge in [0.05, 0.1) is 5.69 Å². The summed E-state index contributed by atoms with van der Waals surface area (Å²) in [5, 5.41) is 4.48. The van der Waals surface area contributed by atoms with Gasteiger partial charge in [0.15, 0.2) is 0 Å². The van der Waals surface area contributed by atoms with Gasteiger partial charge in [0.25, 0.3) is 0 Å². The van der Waals surface area contributed by atoms with E-state index in [2.05, 4.69) is 23.0 Å². The van der Waals surface area contributed by atoms with Gasteiger partial charge in [0.1, 0.15) is 0 Å². The van der Waals surface area contributed by atoms with E-state index in [9.17, 15) is 0 Å². The Morgan fingerprint density at radius 1 is 1.29 bits per heavy atom. The van der Waals surface area contributed by atoms with Gasteiger partial charge >= 0.3 is 0 Å². The molecule has 78 valence electrons. The second-order valence-electron chi connectivity index (χ2n) is 4.24. The SMILES string of the molecule is Cc1cc(CN2CCCCC2)nn1C. The molecule has 0 atom stereocenters. The van der Waals surface area contributed by atoms with E-state index in [1.54, 1.807) is 0 Å². The lowest BCUT2D eigenvalue weighted by Crippen LogP contribution is -2.29. The molecule has 0 amide bonds. The molecule has 0 bridgehead atoms. The fourth-order valence-electron chi connectivity index (χ4n) is 2.06. The Kier molecular flexibility index (Phi) is 2.87. The van der Waals surface area contributed by atoms with Crippen molar-refractivity contribution in [3.63, 3.8) is 0 Å². The average Bonchev–Trinajstić information content (AvgIpc) is 2.47. The van der Waals surface area contributed by atoms with Crippen LogP contribution in [0.3, 0.4) is 0 Å². The lowest BCUT2D eigenvalue weighted by atomic mass is 10.1. The summed E-state index contributed by atoms with van der Waals surface area (Å²) in [5.41, 5.74) is 2.46. The van der Waals surface area contributed by atoms with Gasteiger partial charge in [0.2, 0.25) is 0 Å². The normalized spacial score (nSPS) is 18.7. The molecule has 3 heteroatoms. The maximum atomic E-state index is 4.48. The zero-order valence-electron chi connectivity index (χ0n) is 9.16. The maximum Gasteiger partial charge on any atom is 0.0767 e. The van der Waals surface area contributed by atoms with Crippen LogP contribution in [-0.4, -0.2) is 27.8 Å². The van der Waals surface area contributed by atoms with Crippen molar-refractivity contribution in [3.05, 3.63) is 17.5 Å². The maximum absolute atomic E-state index is 4.48. The fourth-order valence-corrected chi connectivity index (χ4v) is 2.06. The lowest BCUT2D eigenvalue weighted by molar-refractivity contribution is 0.218. The van der Waals surface area contributed by atoms with Crippen LogP contribution < -0.4 is 0 Å². The van der Waals surface area contributed by atoms with Crippen LogP contribution in [0.5, 0.6) is 0 Å². The first-order valence-electron chi connectivity index (χ1n) is 5.47. The molecule has 0 unspecified atom stereocenters. The monoisotopic (exact) mass is 193 g/mol. The van der Waals surface area contributed by atoms with E-state index in [-0.39, 0.29) is 0 Å². The lowest BCUT2D eigenvalue weighted by Gasteiger charge is -2.25. The Balaban J connectivity index is 1.95. The van der Waals surface area contributed by atoms with Crippen LogP contribution in [0.25, 0.3) is 0 Å². The highest BCUT2D eigenvalue weighted by Gasteiger charge is 2.12. The minimum Gasteiger partial charge on any atom is -0.297 e. The van der Waals surface area contributed by atoms with Crippen LogP contribution in [0.2, 0.25) is 0 Å². The zero-order valence-corrected chi connectivity index (χ0v) is 9.16. The predicted octanol–water partition coefficient (Wildman–Crippen LogP) is 1.71. The molecule has 0 radical (unpaired) electrons. The van der Waals surface area contributed by atoms with Gasteiger partial charge in [-0.1, -0.05) is 6.42 Å². The van der Waals surface area contributed by atoms with Crippen molar-refractivity contribution < 1.29 is 0 Å². The second-order valence-corrected chi connectivity index (χ2v) is 4.24. The summed E-state index contributed by atoms with van der Waals surface area (Å²) in [6.07, 6.45) is 4.11. The van der Waals surface area contributed by atoms with Crippen molar-refractivity contribution in [2.75, 3.05) is 13.1 Å². The number of piperidine rings is 1. The third-order valence-electron chi connectivity index (χ3n) is 3.00. The number of rotatable bonds is 2.